The van der Waals surface area contributed by atoms with E-state index in [0.29, 0.717) is 12.8 Å². The fourth-order valence-electron chi connectivity index (χ4n) is 7.41. The Labute approximate surface area is 265 Å². The molecule has 1 saturated heterocycles. The lowest BCUT2D eigenvalue weighted by Crippen LogP contribution is -2.45. The van der Waals surface area contributed by atoms with Crippen LogP contribution in [0.25, 0.3) is 0 Å². The van der Waals surface area contributed by atoms with E-state index >= 15 is 4.39 Å². The van der Waals surface area contributed by atoms with Crippen molar-refractivity contribution in [2.24, 2.45) is 11.8 Å². The first-order valence-corrected chi connectivity index (χ1v) is 22.6. The molecule has 0 aromatic heterocycles. The molecule has 1 unspecified atom stereocenters. The zero-order chi connectivity index (χ0) is 32.1. The van der Waals surface area contributed by atoms with Crippen LogP contribution in [0.4, 0.5) is 4.39 Å². The zero-order valence-electron chi connectivity index (χ0n) is 29.1. The first-order valence-electron chi connectivity index (χ1n) is 17.6. The van der Waals surface area contributed by atoms with E-state index in [9.17, 15) is 4.79 Å². The van der Waals surface area contributed by atoms with Crippen molar-refractivity contribution in [3.05, 3.63) is 12.2 Å². The molecule has 0 N–H and O–H groups in total. The lowest BCUT2D eigenvalue weighted by Gasteiger charge is -2.37. The number of alkyl halides is 1. The van der Waals surface area contributed by atoms with Gasteiger partial charge in [-0.3, -0.25) is 4.79 Å². The number of methoxy groups -OCH3 is 2. The average Bonchev–Trinajstić information content (AvgIpc) is 3.55. The Balaban J connectivity index is 2.37. The summed E-state index contributed by atoms with van der Waals surface area (Å²) in [6.07, 6.45) is 10.1. The topological polar surface area (TPSA) is 63.2 Å². The number of carbonyl (C=O) groups is 1. The van der Waals surface area contributed by atoms with Crippen LogP contribution >= 0.6 is 0 Å². The van der Waals surface area contributed by atoms with E-state index in [4.69, 9.17) is 23.1 Å². The van der Waals surface area contributed by atoms with Gasteiger partial charge >= 0.3 is 5.97 Å². The van der Waals surface area contributed by atoms with Crippen LogP contribution < -0.4 is 0 Å². The maximum Gasteiger partial charge on any atom is 0.305 e. The summed E-state index contributed by atoms with van der Waals surface area (Å²) >= 11 is 0. The van der Waals surface area contributed by atoms with E-state index in [0.717, 1.165) is 55.5 Å². The molecule has 7 atom stereocenters. The Hall–Kier alpha value is -0.586. The number of rotatable bonds is 22. The van der Waals surface area contributed by atoms with Gasteiger partial charge in [0.2, 0.25) is 0 Å². The number of esters is 1. The molecule has 2 rings (SSSR count). The second kappa shape index (κ2) is 18.5. The highest BCUT2D eigenvalue weighted by Crippen LogP contribution is 2.52. The summed E-state index contributed by atoms with van der Waals surface area (Å²) in [5, 5.41) is 0. The summed E-state index contributed by atoms with van der Waals surface area (Å²) in [6, 6.07) is 6.68. The summed E-state index contributed by atoms with van der Waals surface area (Å²) < 4.78 is 47.1. The van der Waals surface area contributed by atoms with Crippen molar-refractivity contribution in [3.63, 3.8) is 0 Å². The number of carbonyl (C=O) groups excluding carboxylic acids is 1. The third kappa shape index (κ3) is 9.95. The molecule has 0 radical (unpaired) electrons. The van der Waals surface area contributed by atoms with Crippen molar-refractivity contribution in [2.45, 2.75) is 173 Å². The fourth-order valence-corrected chi connectivity index (χ4v) is 13.1. The van der Waals surface area contributed by atoms with Gasteiger partial charge in [0.05, 0.1) is 25.4 Å². The molecule has 0 aromatic rings. The van der Waals surface area contributed by atoms with Crippen molar-refractivity contribution >= 4 is 22.6 Å². The number of hydrogen-bond acceptors (Lipinski definition) is 6. The molecule has 0 aromatic carbocycles. The fraction of sp³-hybridized carbons (Fsp3) is 0.912. The maximum absolute atomic E-state index is 15.8. The minimum atomic E-state index is -1.87. The van der Waals surface area contributed by atoms with Crippen LogP contribution in [-0.4, -0.2) is 67.1 Å². The second-order valence-electron chi connectivity index (χ2n) is 13.0. The van der Waals surface area contributed by atoms with Crippen LogP contribution in [0.1, 0.15) is 106 Å². The highest BCUT2D eigenvalue weighted by molar-refractivity contribution is 6.74. The molecule has 1 heterocycles. The molecule has 1 aliphatic carbocycles. The summed E-state index contributed by atoms with van der Waals surface area (Å²) in [7, 11) is -0.742. The van der Waals surface area contributed by atoms with Crippen molar-refractivity contribution in [2.75, 3.05) is 14.2 Å². The Morgan fingerprint density at radius 1 is 0.930 bits per heavy atom. The predicted octanol–water partition coefficient (Wildman–Crippen LogP) is 9.35. The lowest BCUT2D eigenvalue weighted by atomic mass is 9.87. The SMILES string of the molecule is CCCCC[C@@H](/C=C/C1[C@H]2C[C@](OC)([C@H](F)CCCC(=O)OC)O[C@H]2C[C@H]1O[Si](CC)(CC)CC)O[Si](CC)(CC)CC. The Kier molecular flexibility index (Phi) is 16.6. The summed E-state index contributed by atoms with van der Waals surface area (Å²) in [6.45, 7) is 15.9. The van der Waals surface area contributed by atoms with E-state index in [1.165, 1.54) is 20.0 Å². The normalized spacial score (nSPS) is 27.5. The molecule has 0 bridgehead atoms. The molecule has 2 aliphatic rings. The minimum Gasteiger partial charge on any atom is -0.469 e. The van der Waals surface area contributed by atoms with Gasteiger partial charge in [0.15, 0.2) is 28.6 Å². The van der Waals surface area contributed by atoms with Crippen LogP contribution in [0.3, 0.4) is 0 Å². The van der Waals surface area contributed by atoms with Gasteiger partial charge in [-0.1, -0.05) is 79.9 Å². The van der Waals surface area contributed by atoms with Crippen molar-refractivity contribution < 1.29 is 32.2 Å². The third-order valence-electron chi connectivity index (χ3n) is 10.9. The van der Waals surface area contributed by atoms with Crippen LogP contribution in [-0.2, 0) is 27.9 Å². The molecule has 252 valence electrons. The van der Waals surface area contributed by atoms with Gasteiger partial charge in [-0.15, -0.1) is 0 Å². The molecule has 6 nitrogen and oxygen atoms in total. The molecule has 0 amide bonds. The van der Waals surface area contributed by atoms with E-state index in [2.05, 4.69) is 60.6 Å². The molecule has 43 heavy (non-hydrogen) atoms. The van der Waals surface area contributed by atoms with Crippen LogP contribution in [0.2, 0.25) is 36.3 Å². The van der Waals surface area contributed by atoms with Crippen molar-refractivity contribution in [1.29, 1.82) is 0 Å². The van der Waals surface area contributed by atoms with Gasteiger partial charge in [0, 0.05) is 25.9 Å². The predicted molar refractivity (Wildman–Crippen MR) is 179 cm³/mol. The summed E-state index contributed by atoms with van der Waals surface area (Å²) in [5.74, 6) is -1.37. The number of hydrogen-bond donors (Lipinski definition) is 0. The Bertz CT molecular complexity index is 819. The maximum atomic E-state index is 15.8. The first-order chi connectivity index (χ1) is 20.6. The number of ether oxygens (including phenoxy) is 3. The average molecular weight is 645 g/mol. The van der Waals surface area contributed by atoms with E-state index in [-0.39, 0.29) is 49.0 Å². The van der Waals surface area contributed by atoms with Crippen LogP contribution in [0.5, 0.6) is 0 Å². The highest BCUT2D eigenvalue weighted by atomic mass is 28.4. The standard InChI is InChI=1S/C34H65FO6Si2/c1-10-17-18-20-27(40-42(11-2,12-3)13-4)23-24-28-29-26-34(38-9,32(35)21-19-22-33(36)37-8)39-30(29)25-31(28)41-43(14-5,15-6)16-7/h23-24,27-32H,10-22,25-26H2,1-9H3/b24-23+/t27-,28?,29+,30-,31+,32+,34+/m0/s1. The Morgan fingerprint density at radius 2 is 1.56 bits per heavy atom. The van der Waals surface area contributed by atoms with Gasteiger partial charge in [0.1, 0.15) is 0 Å². The third-order valence-corrected chi connectivity index (χ3v) is 20.3. The van der Waals surface area contributed by atoms with Gasteiger partial charge in [-0.2, -0.15) is 0 Å². The van der Waals surface area contributed by atoms with E-state index < -0.39 is 28.6 Å². The van der Waals surface area contributed by atoms with Crippen molar-refractivity contribution in [3.8, 4) is 0 Å². The van der Waals surface area contributed by atoms with Crippen LogP contribution in [0.15, 0.2) is 12.2 Å². The molecule has 2 fully saturated rings. The highest BCUT2D eigenvalue weighted by Gasteiger charge is 2.59. The largest absolute Gasteiger partial charge is 0.469 e. The van der Waals surface area contributed by atoms with Gasteiger partial charge < -0.3 is 23.1 Å². The van der Waals surface area contributed by atoms with Gasteiger partial charge in [-0.25, -0.2) is 4.39 Å². The zero-order valence-corrected chi connectivity index (χ0v) is 31.1. The van der Waals surface area contributed by atoms with E-state index in [1.807, 2.05) is 0 Å². The second-order valence-corrected chi connectivity index (χ2v) is 22.4. The van der Waals surface area contributed by atoms with Crippen LogP contribution in [0, 0.1) is 11.8 Å². The molecular weight excluding hydrogens is 580 g/mol. The molecule has 1 saturated carbocycles. The summed E-state index contributed by atoms with van der Waals surface area (Å²) in [5.41, 5.74) is 0. The quantitative estimate of drug-likeness (QED) is 0.0507. The van der Waals surface area contributed by atoms with Gasteiger partial charge in [-0.05, 0) is 67.9 Å². The Morgan fingerprint density at radius 3 is 2.09 bits per heavy atom. The number of halogens is 1. The molecule has 9 heteroatoms. The number of fused-ring (bicyclic) bond motifs is 1. The molecule has 0 spiro atoms. The molecular formula is C34H65FO6Si2. The molecule has 1 aliphatic heterocycles. The van der Waals surface area contributed by atoms with E-state index in [1.54, 1.807) is 7.11 Å². The minimum absolute atomic E-state index is 0.0619. The number of unbranched alkanes of at least 4 members (excludes halogenated alkanes) is 2. The first kappa shape index (κ1) is 38.6. The van der Waals surface area contributed by atoms with Gasteiger partial charge in [0.25, 0.3) is 0 Å². The monoisotopic (exact) mass is 644 g/mol. The summed E-state index contributed by atoms with van der Waals surface area (Å²) in [4.78, 5) is 11.6. The smallest absolute Gasteiger partial charge is 0.305 e. The van der Waals surface area contributed by atoms with Crippen molar-refractivity contribution in [1.82, 2.24) is 0 Å². The lowest BCUT2D eigenvalue weighted by molar-refractivity contribution is -0.248.